The number of methoxy groups -OCH3 is 4. The Balaban J connectivity index is 0.000000979. The Labute approximate surface area is 484 Å². The van der Waals surface area contributed by atoms with Gasteiger partial charge < -0.3 is 40.4 Å². The maximum atomic E-state index is 15.1. The van der Waals surface area contributed by atoms with Crippen LogP contribution in [0.2, 0.25) is 0 Å². The summed E-state index contributed by atoms with van der Waals surface area (Å²) in [7, 11) is 5.32. The summed E-state index contributed by atoms with van der Waals surface area (Å²) in [5.41, 5.74) is 0.728. The fourth-order valence-electron chi connectivity index (χ4n) is 5.45. The monoisotopic (exact) mass is 1160 g/mol. The van der Waals surface area contributed by atoms with E-state index in [1.165, 1.54) is 81.5 Å². The Hall–Kier alpha value is -0.157. The van der Waals surface area contributed by atoms with Gasteiger partial charge in [0.1, 0.15) is 0 Å². The predicted molar refractivity (Wildman–Crippen MR) is 237 cm³/mol. The van der Waals surface area contributed by atoms with Crippen LogP contribution >= 0.6 is 70.5 Å². The predicted octanol–water partition coefficient (Wildman–Crippen LogP) is 3.23. The van der Waals surface area contributed by atoms with E-state index in [-0.39, 0.29) is 157 Å². The molecular weight excluding hydrogens is 1120 g/mol. The Bertz CT molecular complexity index is 2180. The minimum Gasteiger partial charge on any atom is -1.00 e. The molecule has 63 heavy (non-hydrogen) atoms. The van der Waals surface area contributed by atoms with Crippen LogP contribution in [0.25, 0.3) is 20.2 Å². The molecule has 2 fully saturated rings. The smallest absolute Gasteiger partial charge is 1.00 e. The summed E-state index contributed by atoms with van der Waals surface area (Å²) in [4.78, 5) is 59.6. The fourth-order valence-corrected chi connectivity index (χ4v) is 10.3. The number of rotatable bonds is 17. The third-order valence-corrected chi connectivity index (χ3v) is 15.7. The van der Waals surface area contributed by atoms with Gasteiger partial charge in [-0.1, -0.05) is 61.6 Å². The number of halogens is 5. The SMILES string of the molecule is BrCC1(CBr)CC1.COC(=O)[C@@H](C)CC(=O)c1cc2c(F)c(O)c(OC)cc2s1.COC(=O)[C@@H](C)CC(=O)c1cc2c(F)c(OCC3(CBr)CC3)c(OC)cc2s1.O=CO[O-].[H-].[K+].[K+]. The molecule has 13 nitrogen and oxygen atoms in total. The molecule has 0 aliphatic heterocycles. The minimum absolute atomic E-state index is 0. The van der Waals surface area contributed by atoms with Crippen molar-refractivity contribution in [3.05, 3.63) is 45.7 Å². The third kappa shape index (κ3) is 17.1. The normalized spacial score (nSPS) is 14.4. The van der Waals surface area contributed by atoms with Gasteiger partial charge in [-0.2, -0.15) is 0 Å². The molecule has 0 bridgehead atoms. The van der Waals surface area contributed by atoms with E-state index in [1.807, 2.05) is 0 Å². The molecule has 1 N–H and O–H groups in total. The second kappa shape index (κ2) is 29.0. The summed E-state index contributed by atoms with van der Waals surface area (Å²) in [6.07, 6.45) is 4.88. The summed E-state index contributed by atoms with van der Waals surface area (Å²) in [5, 5.41) is 21.7. The molecule has 2 heterocycles. The van der Waals surface area contributed by atoms with Crippen LogP contribution in [0.1, 0.15) is 73.1 Å². The largest absolute Gasteiger partial charge is 1.00 e. The number of ketones is 2. The number of esters is 2. The second-order valence-electron chi connectivity index (χ2n) is 14.5. The van der Waals surface area contributed by atoms with Crippen LogP contribution in [-0.2, 0) is 28.7 Å². The number of thiophene rings is 2. The molecule has 2 aliphatic carbocycles. The summed E-state index contributed by atoms with van der Waals surface area (Å²) in [6, 6.07) is 6.05. The molecule has 0 amide bonds. The molecule has 2 atom stereocenters. The Kier molecular flexibility index (Phi) is 28.0. The van der Waals surface area contributed by atoms with Gasteiger partial charge in [0.05, 0.1) is 56.6 Å². The zero-order valence-corrected chi connectivity index (χ0v) is 48.8. The van der Waals surface area contributed by atoms with Crippen LogP contribution in [0.4, 0.5) is 8.78 Å². The number of aromatic hydroxyl groups is 1. The molecule has 2 saturated carbocycles. The molecular formula is C41H47Br3F2K2O13S2. The number of benzene rings is 2. The van der Waals surface area contributed by atoms with Gasteiger partial charge in [-0.05, 0) is 43.2 Å². The van der Waals surface area contributed by atoms with Crippen molar-refractivity contribution in [2.75, 3.05) is 51.0 Å². The average molecular weight is 1170 g/mol. The molecule has 2 aromatic carbocycles. The van der Waals surface area contributed by atoms with Crippen molar-refractivity contribution in [3.63, 3.8) is 0 Å². The number of phenolic OH excluding ortho intramolecular Hbond substituents is 1. The van der Waals surface area contributed by atoms with Gasteiger partial charge in [-0.3, -0.25) is 24.0 Å². The van der Waals surface area contributed by atoms with Crippen molar-refractivity contribution in [1.29, 1.82) is 0 Å². The fraction of sp³-hybridized carbons (Fsp3) is 0.488. The van der Waals surface area contributed by atoms with Crippen LogP contribution in [0.3, 0.4) is 0 Å². The van der Waals surface area contributed by atoms with Gasteiger partial charge in [-0.15, -0.1) is 22.7 Å². The minimum atomic E-state index is -0.828. The molecule has 0 spiro atoms. The molecule has 0 unspecified atom stereocenters. The second-order valence-corrected chi connectivity index (χ2v) is 18.3. The van der Waals surface area contributed by atoms with Gasteiger partial charge in [0.2, 0.25) is 0 Å². The number of Topliss-reactive ketones (excluding diaryl/α,β-unsaturated/α-hetero) is 2. The molecule has 6 rings (SSSR count). The molecule has 0 radical (unpaired) electrons. The molecule has 338 valence electrons. The average Bonchev–Trinajstić information content (AvgIpc) is 4.15. The van der Waals surface area contributed by atoms with Gasteiger partial charge in [0.25, 0.3) is 6.47 Å². The first kappa shape index (κ1) is 60.9. The van der Waals surface area contributed by atoms with E-state index in [2.05, 4.69) is 62.2 Å². The van der Waals surface area contributed by atoms with E-state index < -0.39 is 41.2 Å². The summed E-state index contributed by atoms with van der Waals surface area (Å²) in [5.74, 6) is -4.12. The van der Waals surface area contributed by atoms with Gasteiger partial charge in [-0.25, -0.2) is 8.78 Å². The van der Waals surface area contributed by atoms with E-state index in [1.54, 1.807) is 19.9 Å². The maximum Gasteiger partial charge on any atom is 1.00 e. The number of ether oxygens (including phenoxy) is 5. The van der Waals surface area contributed by atoms with Crippen LogP contribution in [0.5, 0.6) is 23.0 Å². The van der Waals surface area contributed by atoms with Crippen molar-refractivity contribution in [2.45, 2.75) is 52.4 Å². The number of carbonyl (C=O) groups is 5. The Morgan fingerprint density at radius 3 is 1.49 bits per heavy atom. The molecule has 2 aliphatic rings. The van der Waals surface area contributed by atoms with E-state index in [0.717, 1.165) is 29.5 Å². The quantitative estimate of drug-likeness (QED) is 0.0310. The number of alkyl halides is 3. The van der Waals surface area contributed by atoms with Gasteiger partial charge >= 0.3 is 115 Å². The molecule has 22 heteroatoms. The maximum absolute atomic E-state index is 15.1. The zero-order chi connectivity index (χ0) is 45.7. The van der Waals surface area contributed by atoms with E-state index in [9.17, 15) is 28.7 Å². The number of phenols is 1. The van der Waals surface area contributed by atoms with E-state index in [0.29, 0.717) is 42.3 Å². The summed E-state index contributed by atoms with van der Waals surface area (Å²) < 4.78 is 55.5. The Morgan fingerprint density at radius 1 is 0.762 bits per heavy atom. The first-order valence-electron chi connectivity index (χ1n) is 18.5. The van der Waals surface area contributed by atoms with Crippen molar-refractivity contribution >= 4 is 121 Å². The number of carbonyl (C=O) groups excluding carboxylic acids is 5. The molecule has 0 saturated heterocycles. The number of hydrogen-bond acceptors (Lipinski definition) is 15. The Morgan fingerprint density at radius 2 is 1.16 bits per heavy atom. The van der Waals surface area contributed by atoms with Gasteiger partial charge in [0, 0.05) is 66.6 Å². The van der Waals surface area contributed by atoms with Crippen LogP contribution in [0, 0.1) is 34.3 Å². The topological polar surface area (TPSA) is 184 Å². The third-order valence-electron chi connectivity index (χ3n) is 9.89. The first-order chi connectivity index (χ1) is 29.0. The van der Waals surface area contributed by atoms with E-state index >= 15 is 4.39 Å². The van der Waals surface area contributed by atoms with Crippen LogP contribution in [-0.4, -0.2) is 86.1 Å². The van der Waals surface area contributed by atoms with Gasteiger partial charge in [0.15, 0.2) is 46.2 Å². The zero-order valence-electron chi connectivity index (χ0n) is 37.2. The van der Waals surface area contributed by atoms with Crippen molar-refractivity contribution in [2.24, 2.45) is 22.7 Å². The first-order valence-corrected chi connectivity index (χ1v) is 23.5. The van der Waals surface area contributed by atoms with Crippen molar-refractivity contribution < 1.29 is 176 Å². The molecule has 4 aromatic rings. The van der Waals surface area contributed by atoms with E-state index in [4.69, 9.17) is 24.3 Å². The summed E-state index contributed by atoms with van der Waals surface area (Å²) >= 11 is 12.7. The standard InChI is InChI=1S/C20H22BrFO5S.C15H15FO5S.C5H8Br2.CH2O3.2K.H/c1-11(19(24)26-3)6-13(23)16-7-12-15(28-16)8-14(25-2)18(17(12)22)27-10-20(9-21)4-5-20;1-7(15(19)21-3)4-9(17)12-5-8-11(22-12)6-10(20-2)14(18)13(8)16;6-3-5(4-7)1-2-5;2-1-4-3;;;/h7-8,11H,4-6,9-10H2,1-3H3;5-7,18H,4H2,1-3H3;1-4H2;1,3H;;;/q;;;;2*+1;-1/p-1/t11-;7-;;;;;/m00...../s1. The number of fused-ring (bicyclic) bond motifs is 2. The summed E-state index contributed by atoms with van der Waals surface area (Å²) in [6.45, 7) is 3.44. The van der Waals surface area contributed by atoms with Crippen LogP contribution in [0.15, 0.2) is 24.3 Å². The van der Waals surface area contributed by atoms with Crippen molar-refractivity contribution in [3.8, 4) is 23.0 Å². The number of hydrogen-bond donors (Lipinski definition) is 1. The van der Waals surface area contributed by atoms with Crippen molar-refractivity contribution in [1.82, 2.24) is 0 Å². The molecule has 2 aromatic heterocycles. The van der Waals surface area contributed by atoms with Crippen LogP contribution < -0.4 is 122 Å².